The van der Waals surface area contributed by atoms with Crippen LogP contribution in [0.4, 0.5) is 0 Å². The highest BCUT2D eigenvalue weighted by Gasteiger charge is 2.12. The molecule has 0 saturated carbocycles. The van der Waals surface area contributed by atoms with Crippen LogP contribution in [0.1, 0.15) is 17.4 Å². The van der Waals surface area contributed by atoms with Gasteiger partial charge in [0.2, 0.25) is 0 Å². The van der Waals surface area contributed by atoms with E-state index in [0.717, 1.165) is 43.3 Å². The zero-order valence-corrected chi connectivity index (χ0v) is 15.9. The van der Waals surface area contributed by atoms with Gasteiger partial charge in [0.15, 0.2) is 11.5 Å². The van der Waals surface area contributed by atoms with Crippen molar-refractivity contribution in [1.82, 2.24) is 5.32 Å². The van der Waals surface area contributed by atoms with Gasteiger partial charge in [-0.25, -0.2) is 0 Å². The summed E-state index contributed by atoms with van der Waals surface area (Å²) in [4.78, 5) is 1.16. The highest BCUT2D eigenvalue weighted by atomic mass is 79.9. The first-order valence-corrected chi connectivity index (χ1v) is 8.98. The molecule has 114 valence electrons. The summed E-state index contributed by atoms with van der Waals surface area (Å²) in [6.45, 7) is 4.36. The molecule has 0 saturated heterocycles. The van der Waals surface area contributed by atoms with Gasteiger partial charge in [-0.15, -0.1) is 11.3 Å². The molecule has 0 aliphatic carbocycles. The molecule has 0 radical (unpaired) electrons. The normalized spacial score (nSPS) is 10.7. The van der Waals surface area contributed by atoms with E-state index >= 15 is 0 Å². The van der Waals surface area contributed by atoms with Crippen molar-refractivity contribution in [2.24, 2.45) is 0 Å². The molecule has 1 aromatic heterocycles. The lowest BCUT2D eigenvalue weighted by atomic mass is 10.2. The lowest BCUT2D eigenvalue weighted by molar-refractivity contribution is 0.285. The van der Waals surface area contributed by atoms with Crippen molar-refractivity contribution in [2.45, 2.75) is 20.1 Å². The summed E-state index contributed by atoms with van der Waals surface area (Å²) in [6, 6.07) is 8.14. The second kappa shape index (κ2) is 8.17. The Morgan fingerprint density at radius 3 is 2.67 bits per heavy atom. The summed E-state index contributed by atoms with van der Waals surface area (Å²) in [6.07, 6.45) is 0. The zero-order chi connectivity index (χ0) is 15.2. The Balaban J connectivity index is 2.14. The molecule has 0 aliphatic heterocycles. The third kappa shape index (κ3) is 4.71. The third-order valence-corrected chi connectivity index (χ3v) is 5.04. The smallest absolute Gasteiger partial charge is 0.175 e. The summed E-state index contributed by atoms with van der Waals surface area (Å²) in [5.74, 6) is 1.48. The van der Waals surface area contributed by atoms with E-state index in [4.69, 9.17) is 9.47 Å². The molecule has 2 aromatic rings. The quantitative estimate of drug-likeness (QED) is 0.667. The molecule has 21 heavy (non-hydrogen) atoms. The third-order valence-electron chi connectivity index (χ3n) is 2.86. The standard InChI is InChI=1S/C15H17Br2NO2S/c1-3-18-8-10-6-12(16)15(13(7-10)19-2)20-9-11-4-5-14(17)21-11/h4-7,18H,3,8-9H2,1-2H3. The monoisotopic (exact) mass is 433 g/mol. The highest BCUT2D eigenvalue weighted by Crippen LogP contribution is 2.37. The number of nitrogens with one attached hydrogen (secondary N) is 1. The first-order valence-electron chi connectivity index (χ1n) is 6.58. The number of rotatable bonds is 7. The maximum Gasteiger partial charge on any atom is 0.175 e. The van der Waals surface area contributed by atoms with Crippen LogP contribution in [-0.4, -0.2) is 13.7 Å². The van der Waals surface area contributed by atoms with Crippen molar-refractivity contribution in [2.75, 3.05) is 13.7 Å². The predicted molar refractivity (Wildman–Crippen MR) is 94.4 cm³/mol. The second-order valence-electron chi connectivity index (χ2n) is 4.38. The van der Waals surface area contributed by atoms with Gasteiger partial charge in [0, 0.05) is 11.4 Å². The predicted octanol–water partition coefficient (Wildman–Crippen LogP) is 4.97. The van der Waals surface area contributed by atoms with Gasteiger partial charge >= 0.3 is 0 Å². The summed E-state index contributed by atoms with van der Waals surface area (Å²) in [5, 5.41) is 3.30. The van der Waals surface area contributed by atoms with Crippen LogP contribution < -0.4 is 14.8 Å². The Morgan fingerprint density at radius 2 is 2.05 bits per heavy atom. The van der Waals surface area contributed by atoms with Gasteiger partial charge in [-0.2, -0.15) is 0 Å². The molecule has 0 aliphatic rings. The minimum atomic E-state index is 0.526. The molecular weight excluding hydrogens is 418 g/mol. The molecule has 0 bridgehead atoms. The molecule has 2 rings (SSSR count). The van der Waals surface area contributed by atoms with Crippen molar-refractivity contribution >= 4 is 43.2 Å². The van der Waals surface area contributed by atoms with E-state index in [1.165, 1.54) is 0 Å². The molecule has 3 nitrogen and oxygen atoms in total. The van der Waals surface area contributed by atoms with Crippen LogP contribution in [0, 0.1) is 0 Å². The Morgan fingerprint density at radius 1 is 1.24 bits per heavy atom. The lowest BCUT2D eigenvalue weighted by Gasteiger charge is -2.14. The van der Waals surface area contributed by atoms with Crippen molar-refractivity contribution in [3.05, 3.63) is 43.0 Å². The Labute approximate surface area is 145 Å². The van der Waals surface area contributed by atoms with Gasteiger partial charge in [0.05, 0.1) is 15.4 Å². The molecule has 0 atom stereocenters. The van der Waals surface area contributed by atoms with Crippen LogP contribution in [0.15, 0.2) is 32.5 Å². The van der Waals surface area contributed by atoms with Gasteiger partial charge in [-0.1, -0.05) is 6.92 Å². The summed E-state index contributed by atoms with van der Waals surface area (Å²) < 4.78 is 13.4. The number of ether oxygens (including phenoxy) is 2. The molecule has 1 N–H and O–H groups in total. The van der Waals surface area contributed by atoms with Crippen molar-refractivity contribution in [3.8, 4) is 11.5 Å². The minimum Gasteiger partial charge on any atom is -0.493 e. The summed E-state index contributed by atoms with van der Waals surface area (Å²) >= 11 is 8.69. The van der Waals surface area contributed by atoms with Gasteiger partial charge in [0.1, 0.15) is 6.61 Å². The first-order chi connectivity index (χ1) is 10.1. The number of methoxy groups -OCH3 is 1. The van der Waals surface area contributed by atoms with Crippen LogP contribution in [0.2, 0.25) is 0 Å². The molecule has 0 fully saturated rings. The van der Waals surface area contributed by atoms with Gasteiger partial charge < -0.3 is 14.8 Å². The maximum absolute atomic E-state index is 5.91. The van der Waals surface area contributed by atoms with Crippen molar-refractivity contribution in [3.63, 3.8) is 0 Å². The zero-order valence-electron chi connectivity index (χ0n) is 11.9. The first kappa shape index (κ1) is 16.8. The molecule has 1 heterocycles. The van der Waals surface area contributed by atoms with Gasteiger partial charge in [-0.05, 0) is 68.2 Å². The topological polar surface area (TPSA) is 30.5 Å². The van der Waals surface area contributed by atoms with E-state index in [2.05, 4.69) is 56.2 Å². The largest absolute Gasteiger partial charge is 0.493 e. The van der Waals surface area contributed by atoms with E-state index in [-0.39, 0.29) is 0 Å². The number of benzene rings is 1. The molecule has 6 heteroatoms. The number of hydrogen-bond donors (Lipinski definition) is 1. The Hall–Kier alpha value is -0.560. The number of hydrogen-bond acceptors (Lipinski definition) is 4. The summed E-state index contributed by atoms with van der Waals surface area (Å²) in [5.41, 5.74) is 1.16. The van der Waals surface area contributed by atoms with Crippen molar-refractivity contribution < 1.29 is 9.47 Å². The van der Waals surface area contributed by atoms with E-state index in [0.29, 0.717) is 6.61 Å². The Bertz CT molecular complexity index is 601. The molecular formula is C15H17Br2NO2S. The average molecular weight is 435 g/mol. The van der Waals surface area contributed by atoms with Crippen LogP contribution >= 0.6 is 43.2 Å². The molecule has 0 spiro atoms. The fourth-order valence-electron chi connectivity index (χ4n) is 1.86. The van der Waals surface area contributed by atoms with Gasteiger partial charge in [-0.3, -0.25) is 0 Å². The Kier molecular flexibility index (Phi) is 6.54. The molecule has 0 unspecified atom stereocenters. The maximum atomic E-state index is 5.91. The second-order valence-corrected chi connectivity index (χ2v) is 7.79. The van der Waals surface area contributed by atoms with Gasteiger partial charge in [0.25, 0.3) is 0 Å². The average Bonchev–Trinajstić information content (AvgIpc) is 2.89. The van der Waals surface area contributed by atoms with E-state index < -0.39 is 0 Å². The van der Waals surface area contributed by atoms with Crippen LogP contribution in [0.5, 0.6) is 11.5 Å². The van der Waals surface area contributed by atoms with Crippen molar-refractivity contribution in [1.29, 1.82) is 0 Å². The fourth-order valence-corrected chi connectivity index (χ4v) is 3.86. The SMILES string of the molecule is CCNCc1cc(Br)c(OCc2ccc(Br)s2)c(OC)c1. The highest BCUT2D eigenvalue weighted by molar-refractivity contribution is 9.11. The fraction of sp³-hybridized carbons (Fsp3) is 0.333. The van der Waals surface area contributed by atoms with E-state index in [9.17, 15) is 0 Å². The van der Waals surface area contributed by atoms with Crippen LogP contribution in [0.25, 0.3) is 0 Å². The van der Waals surface area contributed by atoms with Crippen LogP contribution in [-0.2, 0) is 13.2 Å². The molecule has 0 amide bonds. The van der Waals surface area contributed by atoms with E-state index in [1.54, 1.807) is 18.4 Å². The van der Waals surface area contributed by atoms with Crippen LogP contribution in [0.3, 0.4) is 0 Å². The number of thiophene rings is 1. The summed E-state index contributed by atoms with van der Waals surface area (Å²) in [7, 11) is 1.66. The van der Waals surface area contributed by atoms with E-state index in [1.807, 2.05) is 12.1 Å². The lowest BCUT2D eigenvalue weighted by Crippen LogP contribution is -2.12. The molecule has 1 aromatic carbocycles. The number of halogens is 2. The minimum absolute atomic E-state index is 0.526.